The summed E-state index contributed by atoms with van der Waals surface area (Å²) in [6.07, 6.45) is -6.53. The molecule has 38 heavy (non-hydrogen) atoms. The van der Waals surface area contributed by atoms with Gasteiger partial charge in [-0.25, -0.2) is 4.79 Å². The fraction of sp³-hybridized carbons (Fsp3) is 0.769. The number of carbonyl (C=O) groups excluding carboxylic acids is 4. The van der Waals surface area contributed by atoms with Crippen LogP contribution in [0, 0.1) is 11.3 Å². The second kappa shape index (κ2) is 9.00. The van der Waals surface area contributed by atoms with Gasteiger partial charge in [0.15, 0.2) is 17.3 Å². The SMILES string of the molecule is CC(=O)OC1CC(OC(C)=O)C2(C)C(OC(C)=O)CC(O)C(C)(O)C2C(O)C23OC2(C)C(=O)OC3C=C1C. The van der Waals surface area contributed by atoms with Crippen LogP contribution < -0.4 is 0 Å². The van der Waals surface area contributed by atoms with Gasteiger partial charge in [0.1, 0.15) is 18.3 Å². The van der Waals surface area contributed by atoms with Gasteiger partial charge in [-0.15, -0.1) is 0 Å². The van der Waals surface area contributed by atoms with E-state index in [0.29, 0.717) is 5.57 Å². The summed E-state index contributed by atoms with van der Waals surface area (Å²) in [6, 6.07) is 0. The summed E-state index contributed by atoms with van der Waals surface area (Å²) < 4.78 is 28.5. The van der Waals surface area contributed by atoms with Crippen LogP contribution in [-0.4, -0.2) is 92.6 Å². The van der Waals surface area contributed by atoms with Gasteiger partial charge in [-0.1, -0.05) is 6.92 Å². The minimum absolute atomic E-state index is 0.142. The van der Waals surface area contributed by atoms with E-state index in [2.05, 4.69) is 0 Å². The molecule has 0 bridgehead atoms. The third kappa shape index (κ3) is 3.95. The Morgan fingerprint density at radius 2 is 1.47 bits per heavy atom. The molecule has 0 amide bonds. The molecule has 2 aliphatic heterocycles. The Kier molecular flexibility index (Phi) is 6.75. The predicted octanol–water partition coefficient (Wildman–Crippen LogP) is 0.0836. The predicted molar refractivity (Wildman–Crippen MR) is 126 cm³/mol. The first-order valence-corrected chi connectivity index (χ1v) is 12.6. The molecule has 0 radical (unpaired) electrons. The molecule has 0 aromatic rings. The van der Waals surface area contributed by atoms with E-state index in [1.165, 1.54) is 40.7 Å². The number of aliphatic hydroxyl groups excluding tert-OH is 2. The molecular weight excluding hydrogens is 504 g/mol. The van der Waals surface area contributed by atoms with E-state index in [1.807, 2.05) is 0 Å². The molecule has 11 unspecified atom stereocenters. The Morgan fingerprint density at radius 3 is 1.97 bits per heavy atom. The maximum absolute atomic E-state index is 12.9. The first kappa shape index (κ1) is 28.5. The minimum atomic E-state index is -2.05. The van der Waals surface area contributed by atoms with Gasteiger partial charge in [0.2, 0.25) is 0 Å². The zero-order chi connectivity index (χ0) is 28.6. The van der Waals surface area contributed by atoms with E-state index in [9.17, 15) is 34.5 Å². The van der Waals surface area contributed by atoms with Crippen molar-refractivity contribution in [2.45, 2.75) is 115 Å². The first-order valence-electron chi connectivity index (χ1n) is 12.6. The van der Waals surface area contributed by atoms with Gasteiger partial charge in [-0.05, 0) is 32.4 Å². The topological polar surface area (TPSA) is 178 Å². The lowest BCUT2D eigenvalue weighted by Crippen LogP contribution is -2.72. The highest BCUT2D eigenvalue weighted by molar-refractivity contribution is 5.89. The molecule has 4 aliphatic rings. The van der Waals surface area contributed by atoms with Crippen molar-refractivity contribution in [3.63, 3.8) is 0 Å². The van der Waals surface area contributed by atoms with Gasteiger partial charge in [-0.2, -0.15) is 0 Å². The van der Waals surface area contributed by atoms with Gasteiger partial charge < -0.3 is 39.0 Å². The normalized spacial score (nSPS) is 47.8. The molecule has 1 spiro atoms. The number of hydrogen-bond acceptors (Lipinski definition) is 12. The molecule has 1 saturated carbocycles. The standard InChI is InChI=1S/C26H36O12/c1-11-8-19-26(25(7,38-26)22(32)37-19)21(31)20-23(5,17(35-13(3)28)9-15(11)34-12(2)27)18(36-14(4)29)10-16(30)24(20,6)33/h8,15-21,30-31,33H,9-10H2,1-7H3. The zero-order valence-corrected chi connectivity index (χ0v) is 22.5. The van der Waals surface area contributed by atoms with E-state index >= 15 is 0 Å². The molecule has 4 rings (SSSR count). The summed E-state index contributed by atoms with van der Waals surface area (Å²) in [6.45, 7) is 9.53. The van der Waals surface area contributed by atoms with Crippen LogP contribution in [0.3, 0.4) is 0 Å². The van der Waals surface area contributed by atoms with Crippen LogP contribution in [0.5, 0.6) is 0 Å². The van der Waals surface area contributed by atoms with Gasteiger partial charge in [0.25, 0.3) is 0 Å². The first-order chi connectivity index (χ1) is 17.4. The minimum Gasteiger partial charge on any atom is -0.462 e. The Balaban J connectivity index is 2.01. The van der Waals surface area contributed by atoms with Crippen LogP contribution in [0.2, 0.25) is 0 Å². The average Bonchev–Trinajstić information content (AvgIpc) is 3.36. The number of epoxide rings is 1. The monoisotopic (exact) mass is 540 g/mol. The van der Waals surface area contributed by atoms with E-state index in [0.717, 1.165) is 0 Å². The fourth-order valence-corrected chi connectivity index (χ4v) is 6.95. The number of rotatable bonds is 3. The molecule has 2 aliphatic carbocycles. The van der Waals surface area contributed by atoms with Crippen molar-refractivity contribution >= 4 is 23.9 Å². The molecule has 3 N–H and O–H groups in total. The van der Waals surface area contributed by atoms with Gasteiger partial charge in [0, 0.05) is 39.5 Å². The lowest BCUT2D eigenvalue weighted by molar-refractivity contribution is -0.272. The second-order valence-electron chi connectivity index (χ2n) is 11.5. The van der Waals surface area contributed by atoms with Crippen molar-refractivity contribution in [1.29, 1.82) is 0 Å². The Hall–Kier alpha value is -2.54. The molecule has 11 atom stereocenters. The Labute approximate surface area is 220 Å². The largest absolute Gasteiger partial charge is 0.462 e. The van der Waals surface area contributed by atoms with E-state index in [4.69, 9.17) is 23.7 Å². The van der Waals surface area contributed by atoms with Crippen LogP contribution in [-0.2, 0) is 42.9 Å². The summed E-state index contributed by atoms with van der Waals surface area (Å²) >= 11 is 0. The molecular formula is C26H36O12. The zero-order valence-electron chi connectivity index (χ0n) is 22.5. The summed E-state index contributed by atoms with van der Waals surface area (Å²) in [4.78, 5) is 49.5. The smallest absolute Gasteiger partial charge is 0.342 e. The van der Waals surface area contributed by atoms with Crippen LogP contribution in [0.15, 0.2) is 11.6 Å². The lowest BCUT2D eigenvalue weighted by atomic mass is 9.51. The molecule has 3 fully saturated rings. The van der Waals surface area contributed by atoms with E-state index in [-0.39, 0.29) is 12.8 Å². The van der Waals surface area contributed by atoms with Crippen LogP contribution in [0.1, 0.15) is 61.3 Å². The number of aliphatic hydroxyl groups is 3. The molecule has 2 saturated heterocycles. The van der Waals surface area contributed by atoms with Gasteiger partial charge >= 0.3 is 23.9 Å². The number of fused-ring (bicyclic) bond motifs is 1. The van der Waals surface area contributed by atoms with Crippen molar-refractivity contribution < 1.29 is 58.2 Å². The summed E-state index contributed by atoms with van der Waals surface area (Å²) in [5.74, 6) is -4.17. The molecule has 212 valence electrons. The average molecular weight is 541 g/mol. The molecule has 12 heteroatoms. The number of ether oxygens (including phenoxy) is 5. The van der Waals surface area contributed by atoms with Crippen molar-refractivity contribution in [2.24, 2.45) is 11.3 Å². The van der Waals surface area contributed by atoms with Crippen LogP contribution >= 0.6 is 0 Å². The van der Waals surface area contributed by atoms with Gasteiger partial charge in [0.05, 0.1) is 23.2 Å². The van der Waals surface area contributed by atoms with Crippen molar-refractivity contribution in [1.82, 2.24) is 0 Å². The van der Waals surface area contributed by atoms with E-state index < -0.39 is 88.6 Å². The highest BCUT2D eigenvalue weighted by atomic mass is 16.7. The van der Waals surface area contributed by atoms with Crippen molar-refractivity contribution in [3.8, 4) is 0 Å². The Bertz CT molecular complexity index is 1080. The molecule has 0 aromatic heterocycles. The number of carbonyl (C=O) groups is 4. The van der Waals surface area contributed by atoms with E-state index in [1.54, 1.807) is 13.8 Å². The van der Waals surface area contributed by atoms with Crippen molar-refractivity contribution in [2.75, 3.05) is 0 Å². The van der Waals surface area contributed by atoms with Gasteiger partial charge in [-0.3, -0.25) is 14.4 Å². The molecule has 0 aromatic carbocycles. The van der Waals surface area contributed by atoms with Crippen molar-refractivity contribution in [3.05, 3.63) is 11.6 Å². The number of hydrogen-bond donors (Lipinski definition) is 3. The third-order valence-corrected chi connectivity index (χ3v) is 8.95. The Morgan fingerprint density at radius 1 is 0.947 bits per heavy atom. The lowest BCUT2D eigenvalue weighted by Gasteiger charge is -2.59. The third-order valence-electron chi connectivity index (χ3n) is 8.95. The summed E-state index contributed by atoms with van der Waals surface area (Å²) in [5, 5.41) is 34.9. The quantitative estimate of drug-likeness (QED) is 0.190. The fourth-order valence-electron chi connectivity index (χ4n) is 6.95. The second-order valence-corrected chi connectivity index (χ2v) is 11.5. The highest BCUT2D eigenvalue weighted by Gasteiger charge is 2.87. The van der Waals surface area contributed by atoms with Crippen LogP contribution in [0.4, 0.5) is 0 Å². The number of esters is 4. The summed E-state index contributed by atoms with van der Waals surface area (Å²) in [5.41, 5.74) is -6.46. The highest BCUT2D eigenvalue weighted by Crippen LogP contribution is 2.65. The maximum atomic E-state index is 12.9. The molecule has 12 nitrogen and oxygen atoms in total. The maximum Gasteiger partial charge on any atom is 0.342 e. The summed E-state index contributed by atoms with van der Waals surface area (Å²) in [7, 11) is 0. The van der Waals surface area contributed by atoms with Crippen LogP contribution in [0.25, 0.3) is 0 Å². The molecule has 2 heterocycles.